The lowest BCUT2D eigenvalue weighted by molar-refractivity contribution is 0.142. The Bertz CT molecular complexity index is 120. The molecule has 2 unspecified atom stereocenters. The minimum atomic E-state index is -0.186. The second kappa shape index (κ2) is 6.35. The topological polar surface area (TPSA) is 41.5 Å². The van der Waals surface area contributed by atoms with Gasteiger partial charge in [-0.1, -0.05) is 0 Å². The molecule has 3 heteroatoms. The van der Waals surface area contributed by atoms with Crippen LogP contribution < -0.4 is 5.32 Å². The van der Waals surface area contributed by atoms with Gasteiger partial charge in [-0.2, -0.15) is 0 Å². The van der Waals surface area contributed by atoms with E-state index in [0.29, 0.717) is 6.04 Å². The van der Waals surface area contributed by atoms with Crippen molar-refractivity contribution in [2.75, 3.05) is 19.8 Å². The number of ether oxygens (including phenoxy) is 1. The van der Waals surface area contributed by atoms with Crippen molar-refractivity contribution in [3.8, 4) is 0 Å². The van der Waals surface area contributed by atoms with Crippen molar-refractivity contribution >= 4 is 0 Å². The van der Waals surface area contributed by atoms with Crippen LogP contribution >= 0.6 is 0 Å². The monoisotopic (exact) mass is 187 g/mol. The van der Waals surface area contributed by atoms with Crippen molar-refractivity contribution in [2.24, 2.45) is 0 Å². The molecule has 0 aromatic carbocycles. The van der Waals surface area contributed by atoms with Crippen LogP contribution in [0.2, 0.25) is 0 Å². The Balaban J connectivity index is 2.05. The highest BCUT2D eigenvalue weighted by Gasteiger charge is 2.11. The molecule has 0 saturated carbocycles. The molecule has 2 atom stereocenters. The van der Waals surface area contributed by atoms with Crippen LogP contribution in [0.5, 0.6) is 0 Å². The van der Waals surface area contributed by atoms with Crippen LogP contribution in [-0.4, -0.2) is 37.0 Å². The molecule has 1 fully saturated rings. The number of hydrogen-bond donors (Lipinski definition) is 2. The molecule has 0 aliphatic carbocycles. The van der Waals surface area contributed by atoms with Gasteiger partial charge in [0.15, 0.2) is 0 Å². The minimum absolute atomic E-state index is 0.186. The molecule has 0 bridgehead atoms. The van der Waals surface area contributed by atoms with Gasteiger partial charge in [-0.05, 0) is 39.2 Å². The Morgan fingerprint density at radius 2 is 2.31 bits per heavy atom. The van der Waals surface area contributed by atoms with Gasteiger partial charge < -0.3 is 15.2 Å². The third kappa shape index (κ3) is 5.24. The summed E-state index contributed by atoms with van der Waals surface area (Å²) in [4.78, 5) is 0. The molecule has 0 aromatic heterocycles. The van der Waals surface area contributed by atoms with Gasteiger partial charge in [-0.25, -0.2) is 0 Å². The molecule has 1 saturated heterocycles. The third-order valence-corrected chi connectivity index (χ3v) is 2.45. The van der Waals surface area contributed by atoms with Crippen LogP contribution in [0.3, 0.4) is 0 Å². The lowest BCUT2D eigenvalue weighted by Gasteiger charge is -2.15. The molecule has 78 valence electrons. The number of hydrogen-bond acceptors (Lipinski definition) is 3. The molecule has 0 aromatic rings. The van der Waals surface area contributed by atoms with E-state index in [1.165, 1.54) is 6.42 Å². The van der Waals surface area contributed by atoms with Crippen LogP contribution in [0.15, 0.2) is 0 Å². The van der Waals surface area contributed by atoms with Gasteiger partial charge in [0.05, 0.1) is 6.10 Å². The number of aliphatic hydroxyl groups excluding tert-OH is 1. The number of rotatable bonds is 4. The molecule has 0 amide bonds. The molecule has 1 aliphatic rings. The summed E-state index contributed by atoms with van der Waals surface area (Å²) >= 11 is 0. The van der Waals surface area contributed by atoms with Crippen molar-refractivity contribution in [3.63, 3.8) is 0 Å². The van der Waals surface area contributed by atoms with Crippen LogP contribution in [0.25, 0.3) is 0 Å². The van der Waals surface area contributed by atoms with Gasteiger partial charge in [0.1, 0.15) is 0 Å². The summed E-state index contributed by atoms with van der Waals surface area (Å²) in [6, 6.07) is 0.598. The smallest absolute Gasteiger partial charge is 0.0524 e. The summed E-state index contributed by atoms with van der Waals surface area (Å²) in [6.45, 7) is 4.54. The van der Waals surface area contributed by atoms with E-state index in [4.69, 9.17) is 9.84 Å². The molecular weight excluding hydrogens is 166 g/mol. The first kappa shape index (κ1) is 11.0. The van der Waals surface area contributed by atoms with Crippen LogP contribution in [0, 0.1) is 0 Å². The van der Waals surface area contributed by atoms with E-state index in [-0.39, 0.29) is 6.10 Å². The van der Waals surface area contributed by atoms with Crippen molar-refractivity contribution in [2.45, 2.75) is 44.8 Å². The van der Waals surface area contributed by atoms with Gasteiger partial charge in [0.25, 0.3) is 0 Å². The highest BCUT2D eigenvalue weighted by atomic mass is 16.5. The van der Waals surface area contributed by atoms with Gasteiger partial charge in [-0.15, -0.1) is 0 Å². The average molecular weight is 187 g/mol. The van der Waals surface area contributed by atoms with Gasteiger partial charge >= 0.3 is 0 Å². The van der Waals surface area contributed by atoms with Crippen molar-refractivity contribution in [3.05, 3.63) is 0 Å². The van der Waals surface area contributed by atoms with Crippen molar-refractivity contribution < 1.29 is 9.84 Å². The van der Waals surface area contributed by atoms with Crippen LogP contribution in [0.4, 0.5) is 0 Å². The summed E-state index contributed by atoms with van der Waals surface area (Å²) in [6.07, 6.45) is 4.14. The highest BCUT2D eigenvalue weighted by Crippen LogP contribution is 2.07. The van der Waals surface area contributed by atoms with Crippen molar-refractivity contribution in [1.29, 1.82) is 0 Å². The Labute approximate surface area is 80.5 Å². The maximum absolute atomic E-state index is 9.07. The standard InChI is InChI=1S/C10H21NO2/c1-9(12)4-6-11-10-3-2-7-13-8-5-10/h9-12H,2-8H2,1H3. The highest BCUT2D eigenvalue weighted by molar-refractivity contribution is 4.69. The second-order valence-electron chi connectivity index (χ2n) is 3.83. The van der Waals surface area contributed by atoms with E-state index in [9.17, 15) is 0 Å². The minimum Gasteiger partial charge on any atom is -0.393 e. The molecule has 0 radical (unpaired) electrons. The Kier molecular flexibility index (Phi) is 5.35. The summed E-state index contributed by atoms with van der Waals surface area (Å²) in [5, 5.41) is 12.5. The van der Waals surface area contributed by atoms with Gasteiger partial charge in [-0.3, -0.25) is 0 Å². The molecule has 1 heterocycles. The first-order valence-electron chi connectivity index (χ1n) is 5.28. The summed E-state index contributed by atoms with van der Waals surface area (Å²) in [5.41, 5.74) is 0. The van der Waals surface area contributed by atoms with E-state index in [0.717, 1.165) is 39.0 Å². The van der Waals surface area contributed by atoms with Gasteiger partial charge in [0.2, 0.25) is 0 Å². The summed E-state index contributed by atoms with van der Waals surface area (Å²) in [5.74, 6) is 0. The molecule has 1 aliphatic heterocycles. The maximum atomic E-state index is 9.07. The average Bonchev–Trinajstić information content (AvgIpc) is 2.32. The van der Waals surface area contributed by atoms with Crippen LogP contribution in [-0.2, 0) is 4.74 Å². The van der Waals surface area contributed by atoms with Crippen LogP contribution in [0.1, 0.15) is 32.6 Å². The fourth-order valence-corrected chi connectivity index (χ4v) is 1.60. The molecular formula is C10H21NO2. The zero-order valence-corrected chi connectivity index (χ0v) is 8.46. The second-order valence-corrected chi connectivity index (χ2v) is 3.83. The van der Waals surface area contributed by atoms with E-state index >= 15 is 0 Å². The first-order chi connectivity index (χ1) is 6.29. The van der Waals surface area contributed by atoms with E-state index in [1.807, 2.05) is 6.92 Å². The summed E-state index contributed by atoms with van der Waals surface area (Å²) in [7, 11) is 0. The normalized spacial score (nSPS) is 26.8. The predicted molar refractivity (Wildman–Crippen MR) is 52.8 cm³/mol. The Hall–Kier alpha value is -0.120. The fourth-order valence-electron chi connectivity index (χ4n) is 1.60. The Morgan fingerprint density at radius 3 is 3.08 bits per heavy atom. The number of nitrogens with one attached hydrogen (secondary N) is 1. The largest absolute Gasteiger partial charge is 0.393 e. The third-order valence-electron chi connectivity index (χ3n) is 2.45. The van der Waals surface area contributed by atoms with E-state index in [2.05, 4.69) is 5.32 Å². The quantitative estimate of drug-likeness (QED) is 0.687. The fraction of sp³-hybridized carbons (Fsp3) is 1.00. The lowest BCUT2D eigenvalue weighted by Crippen LogP contribution is -2.31. The maximum Gasteiger partial charge on any atom is 0.0524 e. The van der Waals surface area contributed by atoms with E-state index < -0.39 is 0 Å². The zero-order chi connectivity index (χ0) is 9.52. The molecule has 1 rings (SSSR count). The summed E-state index contributed by atoms with van der Waals surface area (Å²) < 4.78 is 5.36. The Morgan fingerprint density at radius 1 is 1.46 bits per heavy atom. The zero-order valence-electron chi connectivity index (χ0n) is 8.46. The number of aliphatic hydroxyl groups is 1. The predicted octanol–water partition coefficient (Wildman–Crippen LogP) is 0.916. The SMILES string of the molecule is CC(O)CCNC1CCCOCC1. The molecule has 0 spiro atoms. The van der Waals surface area contributed by atoms with Gasteiger partial charge in [0, 0.05) is 19.3 Å². The lowest BCUT2D eigenvalue weighted by atomic mass is 10.1. The first-order valence-corrected chi connectivity index (χ1v) is 5.28. The van der Waals surface area contributed by atoms with E-state index in [1.54, 1.807) is 0 Å². The molecule has 3 nitrogen and oxygen atoms in total. The molecule has 2 N–H and O–H groups in total. The van der Waals surface area contributed by atoms with Crippen molar-refractivity contribution in [1.82, 2.24) is 5.32 Å². The molecule has 13 heavy (non-hydrogen) atoms.